The molecule has 1 aromatic heterocycles. The number of ether oxygens (including phenoxy) is 1. The fraction of sp³-hybridized carbons (Fsp3) is 0.273. The predicted octanol–water partition coefficient (Wildman–Crippen LogP) is 2.99. The second-order valence-corrected chi connectivity index (χ2v) is 4.13. The lowest BCUT2D eigenvalue weighted by molar-refractivity contribution is 0.411. The van der Waals surface area contributed by atoms with Crippen LogP contribution in [-0.2, 0) is 6.42 Å². The predicted molar refractivity (Wildman–Crippen MR) is 65.5 cm³/mol. The minimum absolute atomic E-state index is 0.355. The van der Waals surface area contributed by atoms with E-state index in [4.69, 9.17) is 4.74 Å². The molecule has 17 heavy (non-hydrogen) atoms. The van der Waals surface area contributed by atoms with Crippen LogP contribution in [0.2, 0.25) is 0 Å². The van der Waals surface area contributed by atoms with Gasteiger partial charge in [-0.05, 0) is 6.07 Å². The van der Waals surface area contributed by atoms with Crippen LogP contribution < -0.4 is 10.1 Å². The van der Waals surface area contributed by atoms with Gasteiger partial charge in [-0.3, -0.25) is 0 Å². The largest absolute Gasteiger partial charge is 0.497 e. The first-order chi connectivity index (χ1) is 8.21. The number of aromatic nitrogens is 2. The first-order valence-electron chi connectivity index (χ1n) is 5.15. The van der Waals surface area contributed by atoms with Crippen molar-refractivity contribution in [1.29, 1.82) is 0 Å². The fourth-order valence-corrected chi connectivity index (χ4v) is 2.00. The van der Waals surface area contributed by atoms with Gasteiger partial charge in [0.05, 0.1) is 7.11 Å². The van der Waals surface area contributed by atoms with Gasteiger partial charge < -0.3 is 10.1 Å². The van der Waals surface area contributed by atoms with Crippen molar-refractivity contribution in [3.8, 4) is 5.75 Å². The van der Waals surface area contributed by atoms with E-state index in [0.29, 0.717) is 16.6 Å². The first kappa shape index (κ1) is 11.8. The maximum Gasteiger partial charge on any atom is 0.207 e. The average molecular weight is 253 g/mol. The molecule has 0 fully saturated rings. The van der Waals surface area contributed by atoms with E-state index in [1.54, 1.807) is 6.07 Å². The summed E-state index contributed by atoms with van der Waals surface area (Å²) >= 11 is 1.25. The Labute approximate surface area is 103 Å². The lowest BCUT2D eigenvalue weighted by Crippen LogP contribution is -1.93. The second-order valence-electron chi connectivity index (χ2n) is 3.37. The summed E-state index contributed by atoms with van der Waals surface area (Å²) in [4.78, 5) is 4.24. The van der Waals surface area contributed by atoms with Crippen molar-refractivity contribution in [2.45, 2.75) is 13.3 Å². The van der Waals surface area contributed by atoms with Crippen molar-refractivity contribution < 1.29 is 9.13 Å². The highest BCUT2D eigenvalue weighted by atomic mass is 32.1. The maximum absolute atomic E-state index is 13.2. The van der Waals surface area contributed by atoms with Crippen LogP contribution in [0.4, 0.5) is 15.2 Å². The highest BCUT2D eigenvalue weighted by Crippen LogP contribution is 2.24. The molecule has 0 saturated heterocycles. The Kier molecular flexibility index (Phi) is 3.53. The van der Waals surface area contributed by atoms with Crippen LogP contribution in [0.1, 0.15) is 12.7 Å². The number of hydrogen-bond acceptors (Lipinski definition) is 5. The Hall–Kier alpha value is -1.69. The van der Waals surface area contributed by atoms with E-state index >= 15 is 0 Å². The molecule has 0 amide bonds. The number of rotatable bonds is 4. The van der Waals surface area contributed by atoms with Gasteiger partial charge in [0.1, 0.15) is 17.4 Å². The summed E-state index contributed by atoms with van der Waals surface area (Å²) in [6, 6.07) is 4.41. The zero-order valence-corrected chi connectivity index (χ0v) is 10.3. The van der Waals surface area contributed by atoms with E-state index in [2.05, 4.69) is 14.7 Å². The average Bonchev–Trinajstić information content (AvgIpc) is 2.76. The molecule has 0 bridgehead atoms. The van der Waals surface area contributed by atoms with Crippen molar-refractivity contribution in [1.82, 2.24) is 9.36 Å². The van der Waals surface area contributed by atoms with Gasteiger partial charge in [0, 0.05) is 35.8 Å². The van der Waals surface area contributed by atoms with Gasteiger partial charge in [0.2, 0.25) is 5.13 Å². The lowest BCUT2D eigenvalue weighted by Gasteiger charge is -2.05. The SMILES string of the molecule is CCc1nsc(Nc2cc(F)cc(OC)c2)n1. The van der Waals surface area contributed by atoms with Crippen LogP contribution in [0.25, 0.3) is 0 Å². The number of aryl methyl sites for hydroxylation is 1. The molecule has 0 radical (unpaired) electrons. The van der Waals surface area contributed by atoms with Crippen LogP contribution in [0.5, 0.6) is 5.75 Å². The number of benzene rings is 1. The zero-order chi connectivity index (χ0) is 12.3. The van der Waals surface area contributed by atoms with Crippen LogP contribution in [0.15, 0.2) is 18.2 Å². The van der Waals surface area contributed by atoms with Crippen LogP contribution in [-0.4, -0.2) is 16.5 Å². The molecule has 0 atom stereocenters. The third-order valence-electron chi connectivity index (χ3n) is 2.14. The Morgan fingerprint density at radius 3 is 2.88 bits per heavy atom. The Morgan fingerprint density at radius 1 is 1.41 bits per heavy atom. The molecule has 2 rings (SSSR count). The van der Waals surface area contributed by atoms with Crippen molar-refractivity contribution in [2.75, 3.05) is 12.4 Å². The molecule has 0 aliphatic carbocycles. The number of anilines is 2. The lowest BCUT2D eigenvalue weighted by atomic mass is 10.3. The summed E-state index contributed by atoms with van der Waals surface area (Å²) in [6.07, 6.45) is 0.782. The van der Waals surface area contributed by atoms with Gasteiger partial charge in [-0.15, -0.1) is 0 Å². The van der Waals surface area contributed by atoms with E-state index in [9.17, 15) is 4.39 Å². The van der Waals surface area contributed by atoms with Crippen LogP contribution >= 0.6 is 11.5 Å². The zero-order valence-electron chi connectivity index (χ0n) is 9.53. The second kappa shape index (κ2) is 5.09. The number of nitrogens with zero attached hydrogens (tertiary/aromatic N) is 2. The summed E-state index contributed by atoms with van der Waals surface area (Å²) < 4.78 is 22.4. The molecule has 0 aliphatic heterocycles. The summed E-state index contributed by atoms with van der Waals surface area (Å²) in [6.45, 7) is 1.98. The molecular weight excluding hydrogens is 241 g/mol. The summed E-state index contributed by atoms with van der Waals surface area (Å²) in [5.74, 6) is 0.890. The van der Waals surface area contributed by atoms with Crippen molar-refractivity contribution in [3.63, 3.8) is 0 Å². The minimum atomic E-state index is -0.355. The maximum atomic E-state index is 13.2. The van der Waals surface area contributed by atoms with Crippen LogP contribution in [0, 0.1) is 5.82 Å². The molecule has 1 N–H and O–H groups in total. The van der Waals surface area contributed by atoms with Crippen LogP contribution in [0.3, 0.4) is 0 Å². The fourth-order valence-electron chi connectivity index (χ4n) is 1.32. The van der Waals surface area contributed by atoms with E-state index in [0.717, 1.165) is 12.2 Å². The Balaban J connectivity index is 2.20. The van der Waals surface area contributed by atoms with E-state index in [1.165, 1.54) is 30.8 Å². The third kappa shape index (κ3) is 2.91. The number of nitrogens with one attached hydrogen (secondary N) is 1. The summed E-state index contributed by atoms with van der Waals surface area (Å²) in [5.41, 5.74) is 0.598. The number of methoxy groups -OCH3 is 1. The minimum Gasteiger partial charge on any atom is -0.497 e. The highest BCUT2D eigenvalue weighted by molar-refractivity contribution is 7.09. The molecular formula is C11H12FN3OS. The summed E-state index contributed by atoms with van der Waals surface area (Å²) in [7, 11) is 1.50. The van der Waals surface area contributed by atoms with Gasteiger partial charge >= 0.3 is 0 Å². The monoisotopic (exact) mass is 253 g/mol. The molecule has 0 spiro atoms. The number of halogens is 1. The molecule has 90 valence electrons. The quantitative estimate of drug-likeness (QED) is 0.910. The Morgan fingerprint density at radius 2 is 2.24 bits per heavy atom. The molecule has 0 aliphatic rings. The van der Waals surface area contributed by atoms with Gasteiger partial charge in [0.15, 0.2) is 0 Å². The van der Waals surface area contributed by atoms with Crippen molar-refractivity contribution in [3.05, 3.63) is 29.8 Å². The van der Waals surface area contributed by atoms with Crippen molar-refractivity contribution in [2.24, 2.45) is 0 Å². The molecule has 0 saturated carbocycles. The molecule has 2 aromatic rings. The smallest absolute Gasteiger partial charge is 0.207 e. The van der Waals surface area contributed by atoms with Crippen molar-refractivity contribution >= 4 is 22.4 Å². The standard InChI is InChI=1S/C11H12FN3OS/c1-3-10-14-11(17-15-10)13-8-4-7(12)5-9(6-8)16-2/h4-6H,3H2,1-2H3,(H,13,14,15). The van der Waals surface area contributed by atoms with Gasteiger partial charge in [-0.1, -0.05) is 6.92 Å². The number of hydrogen-bond donors (Lipinski definition) is 1. The topological polar surface area (TPSA) is 47.0 Å². The van der Waals surface area contributed by atoms with Gasteiger partial charge in [-0.2, -0.15) is 4.37 Å². The van der Waals surface area contributed by atoms with E-state index in [1.807, 2.05) is 6.92 Å². The molecule has 0 unspecified atom stereocenters. The van der Waals surface area contributed by atoms with Gasteiger partial charge in [-0.25, -0.2) is 9.37 Å². The molecule has 1 aromatic carbocycles. The van der Waals surface area contributed by atoms with E-state index < -0.39 is 0 Å². The Bertz CT molecular complexity index is 515. The molecule has 4 nitrogen and oxygen atoms in total. The van der Waals surface area contributed by atoms with Gasteiger partial charge in [0.25, 0.3) is 0 Å². The normalized spacial score (nSPS) is 10.3. The first-order valence-corrected chi connectivity index (χ1v) is 5.92. The van der Waals surface area contributed by atoms with E-state index in [-0.39, 0.29) is 5.82 Å². The molecule has 6 heteroatoms. The third-order valence-corrected chi connectivity index (χ3v) is 2.81. The molecule has 1 heterocycles. The summed E-state index contributed by atoms with van der Waals surface area (Å²) in [5, 5.41) is 3.65. The highest BCUT2D eigenvalue weighted by Gasteiger charge is 2.05.